The van der Waals surface area contributed by atoms with Crippen molar-refractivity contribution >= 4 is 75.7 Å². The number of hydrogen-bond acceptors (Lipinski definition) is 12. The predicted octanol–water partition coefficient (Wildman–Crippen LogP) is -1.03. The summed E-state index contributed by atoms with van der Waals surface area (Å²) in [6, 6.07) is 9.89. The van der Waals surface area contributed by atoms with Crippen molar-refractivity contribution in [2.45, 2.75) is 139 Å². The number of benzene rings is 2. The average Bonchev–Trinajstić information content (AvgIpc) is 4.12. The van der Waals surface area contributed by atoms with Crippen LogP contribution in [0.2, 0.25) is 0 Å². The summed E-state index contributed by atoms with van der Waals surface area (Å²) in [6.45, 7) is 1.43. The molecule has 77 heavy (non-hydrogen) atoms. The number of carbonyl (C=O) groups excluding carboxylic acids is 9. The molecular weight excluding hydrogens is 991 g/mol. The number of aromatic amines is 1. The fourth-order valence-electron chi connectivity index (χ4n) is 9.16. The summed E-state index contributed by atoms with van der Waals surface area (Å²) in [5, 5.41) is 20.1. The number of guanidine groups is 2. The molecule has 1 saturated carbocycles. The number of hydrogen-bond donors (Lipinski definition) is 13. The van der Waals surface area contributed by atoms with Gasteiger partial charge in [-0.05, 0) is 101 Å². The fraction of sp³-hybridized carbons (Fsp3) is 0.528. The molecule has 7 atom stereocenters. The third-order valence-corrected chi connectivity index (χ3v) is 13.4. The zero-order valence-corrected chi connectivity index (χ0v) is 43.8. The van der Waals surface area contributed by atoms with Crippen LogP contribution in [0.5, 0.6) is 0 Å². The van der Waals surface area contributed by atoms with Crippen LogP contribution in [0.25, 0.3) is 10.9 Å². The largest absolute Gasteiger partial charge is 0.370 e. The number of para-hydroxylation sites is 1. The van der Waals surface area contributed by atoms with Crippen LogP contribution in [0.4, 0.5) is 0 Å². The number of ketones is 2. The summed E-state index contributed by atoms with van der Waals surface area (Å²) in [5.41, 5.74) is 30.4. The van der Waals surface area contributed by atoms with E-state index in [0.717, 1.165) is 29.3 Å². The topological polar surface area (TPSA) is 408 Å². The first kappa shape index (κ1) is 60.0. The lowest BCUT2D eigenvalue weighted by Gasteiger charge is -2.27. The molecule has 18 N–H and O–H groups in total. The van der Waals surface area contributed by atoms with Crippen molar-refractivity contribution in [2.24, 2.45) is 50.5 Å². The van der Waals surface area contributed by atoms with Crippen molar-refractivity contribution in [3.05, 3.63) is 71.9 Å². The van der Waals surface area contributed by atoms with Crippen molar-refractivity contribution in [3.8, 4) is 0 Å². The van der Waals surface area contributed by atoms with Crippen LogP contribution in [-0.4, -0.2) is 132 Å². The van der Waals surface area contributed by atoms with Gasteiger partial charge >= 0.3 is 0 Å². The van der Waals surface area contributed by atoms with Gasteiger partial charge in [-0.15, -0.1) is 0 Å². The van der Waals surface area contributed by atoms with Gasteiger partial charge in [0, 0.05) is 74.4 Å². The number of H-pyrrole nitrogens is 1. The van der Waals surface area contributed by atoms with Crippen molar-refractivity contribution in [1.82, 2.24) is 42.2 Å². The van der Waals surface area contributed by atoms with Crippen molar-refractivity contribution in [2.75, 3.05) is 26.2 Å². The molecule has 2 aromatic carbocycles. The molecule has 1 aromatic heterocycles. The van der Waals surface area contributed by atoms with E-state index in [1.54, 1.807) is 36.5 Å². The van der Waals surface area contributed by atoms with E-state index in [1.165, 1.54) is 6.92 Å². The van der Waals surface area contributed by atoms with E-state index in [9.17, 15) is 43.2 Å². The highest BCUT2D eigenvalue weighted by atomic mass is 16.2. The van der Waals surface area contributed by atoms with Gasteiger partial charge in [0.2, 0.25) is 41.4 Å². The van der Waals surface area contributed by atoms with Crippen LogP contribution in [0.1, 0.15) is 102 Å². The molecule has 2 heterocycles. The maximum atomic E-state index is 14.9. The molecule has 3 aromatic rings. The van der Waals surface area contributed by atoms with Gasteiger partial charge in [0.05, 0.1) is 12.5 Å². The molecule has 418 valence electrons. The van der Waals surface area contributed by atoms with E-state index in [1.807, 2.05) is 24.3 Å². The Bertz CT molecular complexity index is 2580. The lowest BCUT2D eigenvalue weighted by molar-refractivity contribution is -0.136. The molecule has 2 fully saturated rings. The molecule has 2 aliphatic rings. The van der Waals surface area contributed by atoms with E-state index < -0.39 is 101 Å². The van der Waals surface area contributed by atoms with E-state index in [4.69, 9.17) is 28.7 Å². The normalized spacial score (nSPS) is 22.0. The Labute approximate surface area is 447 Å². The van der Waals surface area contributed by atoms with Crippen LogP contribution < -0.4 is 65.9 Å². The number of amides is 7. The van der Waals surface area contributed by atoms with Gasteiger partial charge < -0.3 is 70.9 Å². The van der Waals surface area contributed by atoms with Gasteiger partial charge in [-0.3, -0.25) is 53.1 Å². The van der Waals surface area contributed by atoms with Crippen molar-refractivity contribution in [3.63, 3.8) is 0 Å². The second-order valence-electron chi connectivity index (χ2n) is 19.8. The molecule has 1 aliphatic heterocycles. The monoisotopic (exact) mass is 1070 g/mol. The first-order valence-electron chi connectivity index (χ1n) is 26.4. The quantitative estimate of drug-likeness (QED) is 0.0388. The molecule has 0 radical (unpaired) electrons. The third kappa shape index (κ3) is 20.6. The molecule has 24 nitrogen and oxygen atoms in total. The Morgan fingerprint density at radius 2 is 1.38 bits per heavy atom. The highest BCUT2D eigenvalue weighted by Crippen LogP contribution is 2.27. The summed E-state index contributed by atoms with van der Waals surface area (Å²) in [7, 11) is 0. The van der Waals surface area contributed by atoms with Gasteiger partial charge in [-0.25, -0.2) is 0 Å². The van der Waals surface area contributed by atoms with Gasteiger partial charge in [0.1, 0.15) is 30.0 Å². The molecule has 0 unspecified atom stereocenters. The summed E-state index contributed by atoms with van der Waals surface area (Å²) in [4.78, 5) is 138. The zero-order valence-electron chi connectivity index (χ0n) is 43.8. The Balaban J connectivity index is 1.53. The number of rotatable bonds is 19. The van der Waals surface area contributed by atoms with Gasteiger partial charge in [-0.2, -0.15) is 0 Å². The van der Waals surface area contributed by atoms with Crippen LogP contribution in [0, 0.1) is 11.8 Å². The van der Waals surface area contributed by atoms with Crippen molar-refractivity contribution < 1.29 is 43.2 Å². The minimum Gasteiger partial charge on any atom is -0.370 e. The first-order valence-corrected chi connectivity index (χ1v) is 26.4. The standard InChI is InChI=1S/C53H77N15O9/c1-31(69)63-39(17-10-24-61-53(57)58)49(75)68-43-29-46(72)59-22-8-7-16-40(48(74)64-36-18-19-36)65-47(73)34(26-35-30-62-38-15-6-5-14-37(35)38)28-44(70)33(13-9-23-60-52(55)56)27-45(71)42(25-32-11-3-2-4-12-32)67-50(76)41(20-21-54)66-51(43)77/h2-6,11-12,14-15,30,33-34,36,39-43,62H,7-10,13,16-29,54H2,1H3,(H,59,72)(H,63,69)(H,64,74)(H,65,73)(H,66,77)(H,67,76)(H,68,75)(H4,55,56,60)(H4,57,58,61)/t33-,34-,39+,40+,41+,42-,43+/m1/s1. The molecule has 5 rings (SSSR count). The Morgan fingerprint density at radius 1 is 0.701 bits per heavy atom. The number of carbonyl (C=O) groups is 9. The molecule has 1 aliphatic carbocycles. The van der Waals surface area contributed by atoms with E-state index in [2.05, 4.69) is 52.2 Å². The van der Waals surface area contributed by atoms with E-state index in [0.29, 0.717) is 18.4 Å². The smallest absolute Gasteiger partial charge is 0.243 e. The molecule has 7 amide bonds. The lowest BCUT2D eigenvalue weighted by Crippen LogP contribution is -2.59. The maximum Gasteiger partial charge on any atom is 0.243 e. The number of nitrogens with one attached hydrogen (secondary N) is 8. The highest BCUT2D eigenvalue weighted by Gasteiger charge is 2.36. The zero-order chi connectivity index (χ0) is 55.9. The van der Waals surface area contributed by atoms with Crippen LogP contribution in [0.15, 0.2) is 70.8 Å². The number of Topliss-reactive ketones (excluding diaryl/α,β-unsaturated/α-hetero) is 2. The van der Waals surface area contributed by atoms with Gasteiger partial charge in [-0.1, -0.05) is 48.5 Å². The van der Waals surface area contributed by atoms with Gasteiger partial charge in [0.15, 0.2) is 17.7 Å². The number of aromatic nitrogens is 1. The van der Waals surface area contributed by atoms with Gasteiger partial charge in [0.25, 0.3) is 0 Å². The van der Waals surface area contributed by atoms with Crippen LogP contribution in [0.3, 0.4) is 0 Å². The Kier molecular flexibility index (Phi) is 23.8. The molecule has 0 spiro atoms. The SMILES string of the molecule is CC(=O)N[C@@H](CCCN=C(N)N)C(=O)N[C@H]1CC(=O)NCCCC[C@@H](C(=O)NC2CC2)NC(=O)[C@H](Cc2c[nH]c3ccccc23)CC(=O)[C@H](CCCN=C(N)N)CC(=O)[C@@H](Cc2ccccc2)NC(=O)[C@H](CCN)NC1=O. The second-order valence-corrected chi connectivity index (χ2v) is 19.8. The second kappa shape index (κ2) is 30.6. The Morgan fingerprint density at radius 3 is 2.06 bits per heavy atom. The van der Waals surface area contributed by atoms with E-state index in [-0.39, 0.29) is 108 Å². The minimum absolute atomic E-state index is 0.0217. The fourth-order valence-corrected chi connectivity index (χ4v) is 9.16. The summed E-state index contributed by atoms with van der Waals surface area (Å²) in [5.74, 6) is -7.96. The number of aliphatic imine (C=N–C) groups is 2. The molecule has 1 saturated heterocycles. The van der Waals surface area contributed by atoms with Crippen LogP contribution >= 0.6 is 0 Å². The summed E-state index contributed by atoms with van der Waals surface area (Å²) < 4.78 is 0. The summed E-state index contributed by atoms with van der Waals surface area (Å²) in [6.07, 6.45) is 3.56. The summed E-state index contributed by atoms with van der Waals surface area (Å²) >= 11 is 0. The minimum atomic E-state index is -1.60. The Hall–Kier alpha value is -7.89. The van der Waals surface area contributed by atoms with Crippen LogP contribution in [-0.2, 0) is 56.0 Å². The number of fused-ring (bicyclic) bond motifs is 1. The highest BCUT2D eigenvalue weighted by molar-refractivity contribution is 5.99. The predicted molar refractivity (Wildman–Crippen MR) is 290 cm³/mol. The lowest BCUT2D eigenvalue weighted by atomic mass is 9.83. The number of nitrogens with two attached hydrogens (primary N) is 5. The first-order chi connectivity index (χ1) is 36.9. The molecular formula is C53H77N15O9. The molecule has 24 heteroatoms. The molecule has 0 bridgehead atoms. The maximum absolute atomic E-state index is 14.9. The third-order valence-electron chi connectivity index (χ3n) is 13.4. The van der Waals surface area contributed by atoms with E-state index >= 15 is 0 Å². The van der Waals surface area contributed by atoms with Crippen molar-refractivity contribution in [1.29, 1.82) is 0 Å². The average molecular weight is 1070 g/mol. The number of nitrogens with zero attached hydrogens (tertiary/aromatic N) is 2.